The van der Waals surface area contributed by atoms with Gasteiger partial charge in [-0.25, -0.2) is 0 Å². The molecule has 4 aliphatic carbocycles. The number of aliphatic carboxylic acids is 2. The lowest BCUT2D eigenvalue weighted by atomic mass is 9.53. The average molecular weight is 378 g/mol. The third-order valence-corrected chi connectivity index (χ3v) is 8.64. The van der Waals surface area contributed by atoms with Gasteiger partial charge in [0.2, 0.25) is 0 Å². The summed E-state index contributed by atoms with van der Waals surface area (Å²) in [6.45, 7) is 5.37. The molecule has 27 heavy (non-hydrogen) atoms. The number of carboxylic acids is 2. The van der Waals surface area contributed by atoms with Gasteiger partial charge in [-0.2, -0.15) is 0 Å². The van der Waals surface area contributed by atoms with Crippen LogP contribution in [0.15, 0.2) is 12.2 Å². The van der Waals surface area contributed by atoms with Gasteiger partial charge in [0, 0.05) is 16.7 Å². The predicted molar refractivity (Wildman–Crippen MR) is 92.6 cm³/mol. The fraction of sp³-hybridized carbons (Fsp3) is 0.750. The van der Waals surface area contributed by atoms with Gasteiger partial charge < -0.3 is 25.2 Å². The Bertz CT molecular complexity index is 761. The Morgan fingerprint density at radius 3 is 2.44 bits per heavy atom. The van der Waals surface area contributed by atoms with Crippen LogP contribution in [-0.2, 0) is 14.4 Å². The monoisotopic (exact) mass is 378 g/mol. The first-order chi connectivity index (χ1) is 12.5. The lowest BCUT2D eigenvalue weighted by molar-refractivity contribution is -0.168. The molecule has 0 aromatic rings. The SMILES string of the molecule is C=C1[C@@H](O)[C@@]23CC1(O)CC[C@H]2[C@]1(C=O)CCC[C@@](C)(C(=O)O)[C@H]1[C@@H]3C(=O)O. The van der Waals surface area contributed by atoms with Gasteiger partial charge in [0.1, 0.15) is 6.29 Å². The third-order valence-electron chi connectivity index (χ3n) is 8.64. The number of carbonyl (C=O) groups excluding carboxylic acids is 1. The Labute approximate surface area is 157 Å². The van der Waals surface area contributed by atoms with E-state index in [1.807, 2.05) is 0 Å². The second-order valence-electron chi connectivity index (χ2n) is 9.44. The second-order valence-corrected chi connectivity index (χ2v) is 9.44. The molecule has 4 saturated carbocycles. The number of rotatable bonds is 3. The summed E-state index contributed by atoms with van der Waals surface area (Å²) in [5, 5.41) is 42.2. The number of hydrogen-bond donors (Lipinski definition) is 4. The molecule has 4 rings (SSSR count). The minimum absolute atomic E-state index is 0.0173. The number of fused-ring (bicyclic) bond motifs is 3. The maximum atomic E-state index is 12.5. The van der Waals surface area contributed by atoms with Gasteiger partial charge in [0.25, 0.3) is 0 Å². The zero-order chi connectivity index (χ0) is 20.0. The van der Waals surface area contributed by atoms with Crippen molar-refractivity contribution < 1.29 is 34.8 Å². The Hall–Kier alpha value is -1.73. The fourth-order valence-corrected chi connectivity index (χ4v) is 7.65. The highest BCUT2D eigenvalue weighted by Crippen LogP contribution is 2.77. The van der Waals surface area contributed by atoms with Crippen molar-refractivity contribution in [1.82, 2.24) is 0 Å². The lowest BCUT2D eigenvalue weighted by Crippen LogP contribution is -2.52. The molecule has 0 heterocycles. The molecule has 2 bridgehead atoms. The van der Waals surface area contributed by atoms with E-state index in [2.05, 4.69) is 6.58 Å². The highest BCUT2D eigenvalue weighted by Gasteiger charge is 2.81. The maximum Gasteiger partial charge on any atom is 0.309 e. The first-order valence-electron chi connectivity index (χ1n) is 9.53. The summed E-state index contributed by atoms with van der Waals surface area (Å²) in [6, 6.07) is 0. The van der Waals surface area contributed by atoms with Gasteiger partial charge in [-0.3, -0.25) is 9.59 Å². The summed E-state index contributed by atoms with van der Waals surface area (Å²) in [4.78, 5) is 37.2. The molecule has 0 aliphatic heterocycles. The molecule has 7 heteroatoms. The Balaban J connectivity index is 2.02. The molecule has 0 aromatic carbocycles. The van der Waals surface area contributed by atoms with Crippen molar-refractivity contribution in [2.45, 2.75) is 57.2 Å². The smallest absolute Gasteiger partial charge is 0.309 e. The van der Waals surface area contributed by atoms with Crippen LogP contribution in [0.25, 0.3) is 0 Å². The first kappa shape index (κ1) is 18.6. The van der Waals surface area contributed by atoms with Gasteiger partial charge >= 0.3 is 11.9 Å². The van der Waals surface area contributed by atoms with Crippen LogP contribution in [0.3, 0.4) is 0 Å². The highest BCUT2D eigenvalue weighted by atomic mass is 16.4. The van der Waals surface area contributed by atoms with Crippen molar-refractivity contribution >= 4 is 18.2 Å². The Morgan fingerprint density at radius 2 is 1.89 bits per heavy atom. The first-order valence-corrected chi connectivity index (χ1v) is 9.53. The highest BCUT2D eigenvalue weighted by molar-refractivity contribution is 5.82. The van der Waals surface area contributed by atoms with Crippen LogP contribution >= 0.6 is 0 Å². The topological polar surface area (TPSA) is 132 Å². The lowest BCUT2D eigenvalue weighted by Gasteiger charge is -2.49. The van der Waals surface area contributed by atoms with Crippen molar-refractivity contribution in [3.05, 3.63) is 12.2 Å². The summed E-state index contributed by atoms with van der Waals surface area (Å²) in [5.74, 6) is -4.96. The van der Waals surface area contributed by atoms with Crippen molar-refractivity contribution in [2.24, 2.45) is 34.0 Å². The van der Waals surface area contributed by atoms with E-state index in [-0.39, 0.29) is 18.4 Å². The van der Waals surface area contributed by atoms with Gasteiger partial charge in [-0.05, 0) is 50.5 Å². The number of hydrogen-bond acceptors (Lipinski definition) is 5. The number of carboxylic acid groups (broad SMARTS) is 2. The van der Waals surface area contributed by atoms with Crippen LogP contribution in [0.5, 0.6) is 0 Å². The van der Waals surface area contributed by atoms with E-state index in [4.69, 9.17) is 0 Å². The standard InChI is InChI=1S/C20H26O7/c1-10-14(22)20-8-19(10,27)7-4-11(20)18(9-21)6-3-5-17(2,16(25)26)13(18)12(20)15(23)24/h9,11-14,22,27H,1,3-8H2,2H3,(H,23,24)(H,25,26)/t11-,12+,13+,14+,17+,18+,19?,20-/m0/s1. The third kappa shape index (κ3) is 1.82. The van der Waals surface area contributed by atoms with Crippen LogP contribution in [0, 0.1) is 34.0 Å². The minimum atomic E-state index is -1.38. The van der Waals surface area contributed by atoms with Gasteiger partial charge in [0.05, 0.1) is 23.0 Å². The molecular weight excluding hydrogens is 352 g/mol. The molecule has 0 amide bonds. The molecule has 1 spiro atoms. The number of aldehydes is 1. The molecular formula is C20H26O7. The molecule has 8 atom stereocenters. The van der Waals surface area contributed by atoms with E-state index < -0.39 is 57.6 Å². The van der Waals surface area contributed by atoms with Gasteiger partial charge in [0.15, 0.2) is 0 Å². The summed E-state index contributed by atoms with van der Waals surface area (Å²) < 4.78 is 0. The van der Waals surface area contributed by atoms with E-state index in [0.717, 1.165) is 6.29 Å². The second kappa shape index (κ2) is 5.20. The average Bonchev–Trinajstić information content (AvgIpc) is 2.95. The molecule has 4 aliphatic rings. The Kier molecular flexibility index (Phi) is 3.59. The quantitative estimate of drug-likeness (QED) is 0.429. The number of carbonyl (C=O) groups is 3. The van der Waals surface area contributed by atoms with E-state index in [0.29, 0.717) is 25.7 Å². The Morgan fingerprint density at radius 1 is 1.22 bits per heavy atom. The molecule has 4 fully saturated rings. The van der Waals surface area contributed by atoms with Crippen molar-refractivity contribution in [3.63, 3.8) is 0 Å². The molecule has 1 unspecified atom stereocenters. The summed E-state index contributed by atoms with van der Waals surface area (Å²) in [5.41, 5.74) is -4.92. The zero-order valence-corrected chi connectivity index (χ0v) is 15.4. The molecule has 0 saturated heterocycles. The van der Waals surface area contributed by atoms with Crippen LogP contribution < -0.4 is 0 Å². The molecule has 7 nitrogen and oxygen atoms in total. The van der Waals surface area contributed by atoms with Gasteiger partial charge in [-0.15, -0.1) is 0 Å². The normalized spacial score (nSPS) is 53.5. The molecule has 4 N–H and O–H groups in total. The largest absolute Gasteiger partial charge is 0.481 e. The van der Waals surface area contributed by atoms with E-state index in [9.17, 15) is 34.8 Å². The van der Waals surface area contributed by atoms with Crippen molar-refractivity contribution in [3.8, 4) is 0 Å². The fourth-order valence-electron chi connectivity index (χ4n) is 7.65. The maximum absolute atomic E-state index is 12.5. The van der Waals surface area contributed by atoms with Crippen LogP contribution in [-0.4, -0.2) is 50.4 Å². The van der Waals surface area contributed by atoms with Crippen LogP contribution in [0.1, 0.15) is 45.4 Å². The van der Waals surface area contributed by atoms with E-state index >= 15 is 0 Å². The van der Waals surface area contributed by atoms with Crippen molar-refractivity contribution in [1.29, 1.82) is 0 Å². The van der Waals surface area contributed by atoms with E-state index in [1.165, 1.54) is 6.92 Å². The van der Waals surface area contributed by atoms with Crippen LogP contribution in [0.4, 0.5) is 0 Å². The molecule has 0 radical (unpaired) electrons. The number of aliphatic hydroxyl groups excluding tert-OH is 1. The minimum Gasteiger partial charge on any atom is -0.481 e. The zero-order valence-electron chi connectivity index (χ0n) is 15.4. The molecule has 0 aromatic heterocycles. The summed E-state index contributed by atoms with van der Waals surface area (Å²) >= 11 is 0. The summed E-state index contributed by atoms with van der Waals surface area (Å²) in [7, 11) is 0. The van der Waals surface area contributed by atoms with E-state index in [1.54, 1.807) is 0 Å². The van der Waals surface area contributed by atoms with Gasteiger partial charge in [-0.1, -0.05) is 13.0 Å². The van der Waals surface area contributed by atoms with Crippen LogP contribution in [0.2, 0.25) is 0 Å². The summed E-state index contributed by atoms with van der Waals surface area (Å²) in [6.07, 6.45) is 1.41. The van der Waals surface area contributed by atoms with Crippen molar-refractivity contribution in [2.75, 3.05) is 0 Å². The molecule has 148 valence electrons. The number of aliphatic hydroxyl groups is 2. The predicted octanol–water partition coefficient (Wildman–Crippen LogP) is 1.23.